The van der Waals surface area contributed by atoms with Gasteiger partial charge in [0.05, 0.1) is 0 Å². The van der Waals surface area contributed by atoms with E-state index in [9.17, 15) is 0 Å². The highest BCUT2D eigenvalue weighted by molar-refractivity contribution is 5.64. The molecule has 0 heteroatoms. The van der Waals surface area contributed by atoms with Gasteiger partial charge in [0.15, 0.2) is 0 Å². The lowest BCUT2D eigenvalue weighted by molar-refractivity contribution is 0.348. The van der Waals surface area contributed by atoms with Crippen molar-refractivity contribution in [3.8, 4) is 11.1 Å². The Hall–Kier alpha value is -1.56. The molecule has 0 amide bonds. The van der Waals surface area contributed by atoms with Crippen LogP contribution in [-0.2, 0) is 6.42 Å². The number of hydrogen-bond acceptors (Lipinski definition) is 0. The summed E-state index contributed by atoms with van der Waals surface area (Å²) in [6, 6.07) is 18.3. The Bertz CT molecular complexity index is 554. The Kier molecular flexibility index (Phi) is 6.89. The van der Waals surface area contributed by atoms with Crippen molar-refractivity contribution in [2.24, 2.45) is 5.92 Å². The van der Waals surface area contributed by atoms with Crippen molar-refractivity contribution < 1.29 is 0 Å². The third-order valence-corrected chi connectivity index (χ3v) is 5.09. The minimum Gasteiger partial charge on any atom is -0.0683 e. The normalized spacial score (nSPS) is 20.5. The molecule has 1 fully saturated rings. The van der Waals surface area contributed by atoms with E-state index in [0.717, 1.165) is 18.3 Å². The average molecular weight is 309 g/mol. The summed E-state index contributed by atoms with van der Waals surface area (Å²) in [5.74, 6) is 1.72. The molecule has 0 spiro atoms. The predicted octanol–water partition coefficient (Wildman–Crippen LogP) is 7.24. The fourth-order valence-corrected chi connectivity index (χ4v) is 3.47. The van der Waals surface area contributed by atoms with Crippen LogP contribution in [0.5, 0.6) is 0 Å². The molecule has 0 radical (unpaired) electrons. The molecule has 0 N–H and O–H groups in total. The van der Waals surface area contributed by atoms with E-state index in [1.807, 2.05) is 13.8 Å². The SMILES string of the molecule is CC.CCc1ccc(-c2ccc(C3CCC(C)CC3)cc2)cc1. The monoisotopic (exact) mass is 308 g/mol. The summed E-state index contributed by atoms with van der Waals surface area (Å²) < 4.78 is 0. The fourth-order valence-electron chi connectivity index (χ4n) is 3.47. The fraction of sp³-hybridized carbons (Fsp3) is 0.478. The van der Waals surface area contributed by atoms with Crippen molar-refractivity contribution in [3.05, 3.63) is 59.7 Å². The van der Waals surface area contributed by atoms with Crippen LogP contribution in [-0.4, -0.2) is 0 Å². The number of aryl methyl sites for hydroxylation is 1. The van der Waals surface area contributed by atoms with Crippen LogP contribution < -0.4 is 0 Å². The molecule has 0 saturated heterocycles. The highest BCUT2D eigenvalue weighted by atomic mass is 14.2. The van der Waals surface area contributed by atoms with Crippen molar-refractivity contribution >= 4 is 0 Å². The van der Waals surface area contributed by atoms with Gasteiger partial charge in [-0.05, 0) is 53.4 Å². The second-order valence-electron chi connectivity index (χ2n) is 6.63. The molecule has 0 atom stereocenters. The first-order chi connectivity index (χ1) is 11.3. The maximum atomic E-state index is 2.39. The molecule has 2 aromatic carbocycles. The van der Waals surface area contributed by atoms with Gasteiger partial charge < -0.3 is 0 Å². The van der Waals surface area contributed by atoms with E-state index in [2.05, 4.69) is 62.4 Å². The van der Waals surface area contributed by atoms with Crippen LogP contribution in [0.15, 0.2) is 48.5 Å². The van der Waals surface area contributed by atoms with E-state index in [-0.39, 0.29) is 0 Å². The lowest BCUT2D eigenvalue weighted by atomic mass is 9.79. The third-order valence-electron chi connectivity index (χ3n) is 5.09. The molecule has 0 aromatic heterocycles. The molecule has 0 heterocycles. The molecule has 1 aliphatic rings. The average Bonchev–Trinajstić information content (AvgIpc) is 2.64. The molecular weight excluding hydrogens is 276 g/mol. The van der Waals surface area contributed by atoms with Crippen molar-refractivity contribution in [1.82, 2.24) is 0 Å². The second-order valence-corrected chi connectivity index (χ2v) is 6.63. The topological polar surface area (TPSA) is 0 Å². The number of rotatable bonds is 3. The Balaban J connectivity index is 0.000000924. The highest BCUT2D eigenvalue weighted by Crippen LogP contribution is 2.36. The summed E-state index contributed by atoms with van der Waals surface area (Å²) in [6.45, 7) is 8.59. The van der Waals surface area contributed by atoms with Crippen LogP contribution >= 0.6 is 0 Å². The van der Waals surface area contributed by atoms with Crippen LogP contribution in [0.1, 0.15) is 70.4 Å². The van der Waals surface area contributed by atoms with Gasteiger partial charge in [0, 0.05) is 0 Å². The maximum absolute atomic E-state index is 2.39. The van der Waals surface area contributed by atoms with Gasteiger partial charge in [0.25, 0.3) is 0 Å². The number of hydrogen-bond donors (Lipinski definition) is 0. The molecule has 0 unspecified atom stereocenters. The summed E-state index contributed by atoms with van der Waals surface area (Å²) in [5.41, 5.74) is 5.61. The second kappa shape index (κ2) is 8.91. The minimum atomic E-state index is 0.790. The zero-order valence-corrected chi connectivity index (χ0v) is 15.3. The largest absolute Gasteiger partial charge is 0.0683 e. The molecule has 23 heavy (non-hydrogen) atoms. The van der Waals surface area contributed by atoms with Gasteiger partial charge in [-0.15, -0.1) is 0 Å². The Labute approximate surface area is 143 Å². The lowest BCUT2D eigenvalue weighted by Gasteiger charge is -2.26. The smallest absolute Gasteiger partial charge is 0.0162 e. The Morgan fingerprint density at radius 2 is 1.22 bits per heavy atom. The first kappa shape index (κ1) is 17.8. The summed E-state index contributed by atoms with van der Waals surface area (Å²) in [5, 5.41) is 0. The van der Waals surface area contributed by atoms with Gasteiger partial charge in [-0.2, -0.15) is 0 Å². The molecule has 124 valence electrons. The zero-order valence-electron chi connectivity index (χ0n) is 15.3. The third kappa shape index (κ3) is 4.70. The van der Waals surface area contributed by atoms with E-state index in [0.29, 0.717) is 0 Å². The zero-order chi connectivity index (χ0) is 16.7. The van der Waals surface area contributed by atoms with Crippen molar-refractivity contribution in [2.75, 3.05) is 0 Å². The van der Waals surface area contributed by atoms with Gasteiger partial charge in [-0.25, -0.2) is 0 Å². The predicted molar refractivity (Wildman–Crippen MR) is 103 cm³/mol. The van der Waals surface area contributed by atoms with E-state index in [1.165, 1.54) is 47.9 Å². The minimum absolute atomic E-state index is 0.790. The molecular formula is C23H32. The molecule has 0 aliphatic heterocycles. The molecule has 2 aromatic rings. The highest BCUT2D eigenvalue weighted by Gasteiger charge is 2.19. The van der Waals surface area contributed by atoms with Crippen molar-refractivity contribution in [3.63, 3.8) is 0 Å². The van der Waals surface area contributed by atoms with Crippen LogP contribution in [0, 0.1) is 5.92 Å². The van der Waals surface area contributed by atoms with Gasteiger partial charge in [0.1, 0.15) is 0 Å². The van der Waals surface area contributed by atoms with Crippen LogP contribution in [0.25, 0.3) is 11.1 Å². The molecule has 1 aliphatic carbocycles. The molecule has 0 nitrogen and oxygen atoms in total. The Morgan fingerprint density at radius 3 is 1.70 bits per heavy atom. The Morgan fingerprint density at radius 1 is 0.739 bits per heavy atom. The van der Waals surface area contributed by atoms with E-state index >= 15 is 0 Å². The number of benzene rings is 2. The van der Waals surface area contributed by atoms with Crippen molar-refractivity contribution in [1.29, 1.82) is 0 Å². The van der Waals surface area contributed by atoms with E-state index in [1.54, 1.807) is 0 Å². The first-order valence-electron chi connectivity index (χ1n) is 9.45. The summed E-state index contributed by atoms with van der Waals surface area (Å²) in [6.07, 6.45) is 6.63. The van der Waals surface area contributed by atoms with Crippen molar-refractivity contribution in [2.45, 2.75) is 65.7 Å². The molecule has 1 saturated carbocycles. The standard InChI is InChI=1S/C21H26.C2H6/c1-3-17-6-10-19(11-7-17)21-14-12-20(13-15-21)18-8-4-16(2)5-9-18;1-2/h6-7,10-16,18H,3-5,8-9H2,1-2H3;1-2H3. The maximum Gasteiger partial charge on any atom is -0.0162 e. The van der Waals surface area contributed by atoms with Crippen LogP contribution in [0.4, 0.5) is 0 Å². The van der Waals surface area contributed by atoms with Gasteiger partial charge in [-0.1, -0.05) is 89.1 Å². The first-order valence-corrected chi connectivity index (χ1v) is 9.45. The van der Waals surface area contributed by atoms with E-state index in [4.69, 9.17) is 0 Å². The van der Waals surface area contributed by atoms with E-state index < -0.39 is 0 Å². The van der Waals surface area contributed by atoms with Crippen LogP contribution in [0.2, 0.25) is 0 Å². The quantitative estimate of drug-likeness (QED) is 0.560. The van der Waals surface area contributed by atoms with Gasteiger partial charge in [-0.3, -0.25) is 0 Å². The van der Waals surface area contributed by atoms with Crippen LogP contribution in [0.3, 0.4) is 0 Å². The summed E-state index contributed by atoms with van der Waals surface area (Å²) >= 11 is 0. The van der Waals surface area contributed by atoms with Gasteiger partial charge >= 0.3 is 0 Å². The van der Waals surface area contributed by atoms with Gasteiger partial charge in [0.2, 0.25) is 0 Å². The summed E-state index contributed by atoms with van der Waals surface area (Å²) in [7, 11) is 0. The molecule has 0 bridgehead atoms. The lowest BCUT2D eigenvalue weighted by Crippen LogP contribution is -2.10. The molecule has 3 rings (SSSR count). The summed E-state index contributed by atoms with van der Waals surface area (Å²) in [4.78, 5) is 0.